The molecule has 0 amide bonds. The van der Waals surface area contributed by atoms with Gasteiger partial charge < -0.3 is 20.3 Å². The fraction of sp³-hybridized carbons (Fsp3) is 1.00. The molecule has 1 saturated carbocycles. The van der Waals surface area contributed by atoms with Crippen LogP contribution in [0.4, 0.5) is 0 Å². The maximum atomic E-state index is 6.82. The number of nitrogens with zero attached hydrogens (tertiary/aromatic N) is 2. The molecule has 3 unspecified atom stereocenters. The largest absolute Gasteiger partial charge is 0.377 e. The average Bonchev–Trinajstić information content (AvgIpc) is 3.06. The van der Waals surface area contributed by atoms with Crippen LogP contribution >= 0.6 is 0 Å². The summed E-state index contributed by atoms with van der Waals surface area (Å²) in [5.41, 5.74) is 6.85. The van der Waals surface area contributed by atoms with Crippen LogP contribution in [0, 0.1) is 11.3 Å². The van der Waals surface area contributed by atoms with E-state index < -0.39 is 0 Å². The van der Waals surface area contributed by atoms with Gasteiger partial charge >= 0.3 is 0 Å². The summed E-state index contributed by atoms with van der Waals surface area (Å²) in [5.74, 6) is 0.562. The minimum absolute atomic E-state index is 0.0755. The quantitative estimate of drug-likeness (QED) is 0.821. The van der Waals surface area contributed by atoms with Crippen molar-refractivity contribution in [2.45, 2.75) is 44.8 Å². The van der Waals surface area contributed by atoms with Crippen molar-refractivity contribution in [3.8, 4) is 0 Å². The van der Waals surface area contributed by atoms with Crippen molar-refractivity contribution in [1.29, 1.82) is 0 Å². The molecule has 2 heterocycles. The van der Waals surface area contributed by atoms with Gasteiger partial charge in [-0.3, -0.25) is 0 Å². The molecule has 1 aliphatic carbocycles. The van der Waals surface area contributed by atoms with E-state index in [-0.39, 0.29) is 11.0 Å². The van der Waals surface area contributed by atoms with E-state index in [1.807, 2.05) is 0 Å². The van der Waals surface area contributed by atoms with Crippen LogP contribution in [0.5, 0.6) is 0 Å². The van der Waals surface area contributed by atoms with Gasteiger partial charge in [-0.05, 0) is 39.4 Å². The number of likely N-dealkylation sites (tertiary alicyclic amines) is 1. The summed E-state index contributed by atoms with van der Waals surface area (Å²) in [6, 6.07) is 0. The molecule has 0 radical (unpaired) electrons. The second kappa shape index (κ2) is 5.24. The van der Waals surface area contributed by atoms with Crippen LogP contribution in [0.2, 0.25) is 0 Å². The van der Waals surface area contributed by atoms with Gasteiger partial charge in [-0.1, -0.05) is 13.8 Å². The molecule has 116 valence electrons. The SMILES string of the molecule is CN(CCN1CCCC1)CC1(N)C2CCOC2C1(C)C. The van der Waals surface area contributed by atoms with Gasteiger partial charge in [-0.2, -0.15) is 0 Å². The summed E-state index contributed by atoms with van der Waals surface area (Å²) < 4.78 is 5.88. The third kappa shape index (κ3) is 2.21. The molecule has 3 rings (SSSR count). The molecule has 4 heteroatoms. The molecule has 2 aliphatic heterocycles. The first-order valence-electron chi connectivity index (χ1n) is 8.26. The van der Waals surface area contributed by atoms with E-state index in [9.17, 15) is 0 Å². The smallest absolute Gasteiger partial charge is 0.0691 e. The Bertz CT molecular complexity index is 354. The number of hydrogen-bond donors (Lipinski definition) is 1. The minimum atomic E-state index is -0.0755. The maximum Gasteiger partial charge on any atom is 0.0691 e. The lowest BCUT2D eigenvalue weighted by atomic mass is 9.48. The van der Waals surface area contributed by atoms with Gasteiger partial charge in [-0.25, -0.2) is 0 Å². The molecular formula is C16H31N3O. The van der Waals surface area contributed by atoms with E-state index in [4.69, 9.17) is 10.5 Å². The summed E-state index contributed by atoms with van der Waals surface area (Å²) in [7, 11) is 2.23. The first kappa shape index (κ1) is 14.8. The molecule has 4 nitrogen and oxygen atoms in total. The molecule has 0 bridgehead atoms. The van der Waals surface area contributed by atoms with Crippen LogP contribution in [-0.2, 0) is 4.74 Å². The lowest BCUT2D eigenvalue weighted by molar-refractivity contribution is -0.161. The number of nitrogens with two attached hydrogens (primary N) is 1. The van der Waals surface area contributed by atoms with Crippen LogP contribution in [0.3, 0.4) is 0 Å². The van der Waals surface area contributed by atoms with Crippen LogP contribution in [0.1, 0.15) is 33.1 Å². The van der Waals surface area contributed by atoms with Crippen molar-refractivity contribution in [1.82, 2.24) is 9.80 Å². The molecule has 2 saturated heterocycles. The number of rotatable bonds is 5. The molecule has 20 heavy (non-hydrogen) atoms. The molecule has 3 fully saturated rings. The standard InChI is InChI=1S/C16H31N3O/c1-15(2)14-13(6-11-20-14)16(15,17)12-18(3)9-10-19-7-4-5-8-19/h13-14H,4-12,17H2,1-3H3. The Morgan fingerprint density at radius 3 is 2.70 bits per heavy atom. The monoisotopic (exact) mass is 281 g/mol. The van der Waals surface area contributed by atoms with Gasteiger partial charge in [0.25, 0.3) is 0 Å². The van der Waals surface area contributed by atoms with E-state index in [0.717, 1.165) is 26.1 Å². The number of fused-ring (bicyclic) bond motifs is 1. The van der Waals surface area contributed by atoms with Crippen LogP contribution < -0.4 is 5.73 Å². The van der Waals surface area contributed by atoms with Crippen molar-refractivity contribution < 1.29 is 4.74 Å². The second-order valence-electron chi connectivity index (χ2n) is 7.74. The van der Waals surface area contributed by atoms with Crippen molar-refractivity contribution in [3.05, 3.63) is 0 Å². The highest BCUT2D eigenvalue weighted by molar-refractivity contribution is 5.21. The van der Waals surface area contributed by atoms with E-state index in [2.05, 4.69) is 30.7 Å². The Balaban J connectivity index is 1.53. The second-order valence-corrected chi connectivity index (χ2v) is 7.74. The Labute approximate surface area is 123 Å². The van der Waals surface area contributed by atoms with Crippen molar-refractivity contribution in [3.63, 3.8) is 0 Å². The fourth-order valence-electron chi connectivity index (χ4n) is 4.64. The normalized spacial score (nSPS) is 40.0. The Morgan fingerprint density at radius 2 is 2.00 bits per heavy atom. The molecule has 2 N–H and O–H groups in total. The minimum Gasteiger partial charge on any atom is -0.377 e. The van der Waals surface area contributed by atoms with Gasteiger partial charge in [0.15, 0.2) is 0 Å². The Kier molecular flexibility index (Phi) is 3.87. The first-order valence-corrected chi connectivity index (χ1v) is 8.26. The van der Waals surface area contributed by atoms with Gasteiger partial charge in [0.05, 0.1) is 6.10 Å². The molecule has 3 atom stereocenters. The summed E-state index contributed by atoms with van der Waals surface area (Å²) in [4.78, 5) is 5.02. The van der Waals surface area contributed by atoms with E-state index in [1.54, 1.807) is 0 Å². The summed E-state index contributed by atoms with van der Waals surface area (Å²) in [6.07, 6.45) is 4.28. The molecule has 0 aromatic heterocycles. The predicted molar refractivity (Wildman–Crippen MR) is 81.7 cm³/mol. The lowest BCUT2D eigenvalue weighted by Gasteiger charge is -2.63. The Hall–Kier alpha value is -0.160. The van der Waals surface area contributed by atoms with Gasteiger partial charge in [0, 0.05) is 43.1 Å². The predicted octanol–water partition coefficient (Wildman–Crippen LogP) is 1.16. The number of likely N-dealkylation sites (N-methyl/N-ethyl adjacent to an activating group) is 1. The Morgan fingerprint density at radius 1 is 1.30 bits per heavy atom. The fourth-order valence-corrected chi connectivity index (χ4v) is 4.64. The van der Waals surface area contributed by atoms with Gasteiger partial charge in [0.1, 0.15) is 0 Å². The maximum absolute atomic E-state index is 6.82. The summed E-state index contributed by atoms with van der Waals surface area (Å²) >= 11 is 0. The van der Waals surface area contributed by atoms with Gasteiger partial charge in [-0.15, -0.1) is 0 Å². The molecule has 0 aromatic carbocycles. The van der Waals surface area contributed by atoms with Crippen LogP contribution in [0.15, 0.2) is 0 Å². The highest BCUT2D eigenvalue weighted by Gasteiger charge is 2.67. The molecular weight excluding hydrogens is 250 g/mol. The summed E-state index contributed by atoms with van der Waals surface area (Å²) in [5, 5.41) is 0. The lowest BCUT2D eigenvalue weighted by Crippen LogP contribution is -2.78. The van der Waals surface area contributed by atoms with Crippen molar-refractivity contribution in [2.75, 3.05) is 46.4 Å². The van der Waals surface area contributed by atoms with E-state index in [0.29, 0.717) is 12.0 Å². The molecule has 0 spiro atoms. The number of ether oxygens (including phenoxy) is 1. The molecule has 0 aromatic rings. The zero-order valence-electron chi connectivity index (χ0n) is 13.4. The topological polar surface area (TPSA) is 41.7 Å². The van der Waals surface area contributed by atoms with Crippen LogP contribution in [0.25, 0.3) is 0 Å². The van der Waals surface area contributed by atoms with Crippen molar-refractivity contribution >= 4 is 0 Å². The highest BCUT2D eigenvalue weighted by Crippen LogP contribution is 2.58. The first-order chi connectivity index (χ1) is 9.45. The van der Waals surface area contributed by atoms with E-state index >= 15 is 0 Å². The number of hydrogen-bond acceptors (Lipinski definition) is 4. The summed E-state index contributed by atoms with van der Waals surface area (Å²) in [6.45, 7) is 11.4. The van der Waals surface area contributed by atoms with Crippen molar-refractivity contribution in [2.24, 2.45) is 17.1 Å². The van der Waals surface area contributed by atoms with Gasteiger partial charge in [0.2, 0.25) is 0 Å². The molecule has 3 aliphatic rings. The average molecular weight is 281 g/mol. The zero-order chi connectivity index (χ0) is 14.4. The van der Waals surface area contributed by atoms with E-state index in [1.165, 1.54) is 32.5 Å². The third-order valence-corrected chi connectivity index (χ3v) is 6.19. The van der Waals surface area contributed by atoms with Crippen LogP contribution in [-0.4, -0.2) is 67.8 Å². The third-order valence-electron chi connectivity index (χ3n) is 6.19. The highest BCUT2D eigenvalue weighted by atomic mass is 16.5. The zero-order valence-corrected chi connectivity index (χ0v) is 13.4.